The van der Waals surface area contributed by atoms with E-state index < -0.39 is 0 Å². The van der Waals surface area contributed by atoms with Gasteiger partial charge in [-0.3, -0.25) is 4.79 Å². The number of nitrogens with one attached hydrogen (secondary N) is 1. The molecular weight excluding hydrogens is 334 g/mol. The molecule has 7 unspecified atom stereocenters. The number of hydrogen-bond donors (Lipinski definition) is 2. The molecule has 3 nitrogen and oxygen atoms in total. The van der Waals surface area contributed by atoms with Gasteiger partial charge in [-0.05, 0) is 111 Å². The fraction of sp³-hybridized carbons (Fsp3) is 0.958. The van der Waals surface area contributed by atoms with Gasteiger partial charge in [0, 0.05) is 13.5 Å². The number of aliphatic hydroxyl groups is 1. The van der Waals surface area contributed by atoms with Crippen LogP contribution in [0.5, 0.6) is 0 Å². The van der Waals surface area contributed by atoms with Crippen molar-refractivity contribution in [2.45, 2.75) is 90.6 Å². The third-order valence-corrected chi connectivity index (χ3v) is 9.85. The number of carbonyl (C=O) groups excluding carboxylic acids is 1. The second kappa shape index (κ2) is 7.69. The van der Waals surface area contributed by atoms with Crippen molar-refractivity contribution in [3.63, 3.8) is 0 Å². The topological polar surface area (TPSA) is 49.3 Å². The Balaban J connectivity index is 1.43. The summed E-state index contributed by atoms with van der Waals surface area (Å²) >= 11 is 0. The molecule has 2 N–H and O–H groups in total. The lowest BCUT2D eigenvalue weighted by atomic mass is 9.47. The summed E-state index contributed by atoms with van der Waals surface area (Å²) in [6, 6.07) is 0. The van der Waals surface area contributed by atoms with E-state index in [2.05, 4.69) is 19.2 Å². The summed E-state index contributed by atoms with van der Waals surface area (Å²) in [4.78, 5) is 11.7. The van der Waals surface area contributed by atoms with E-state index in [-0.39, 0.29) is 12.0 Å². The number of aliphatic hydroxyl groups excluding tert-OH is 1. The molecule has 3 heteroatoms. The lowest BCUT2D eigenvalue weighted by Crippen LogP contribution is -2.52. The summed E-state index contributed by atoms with van der Waals surface area (Å²) in [6.07, 6.45) is 13.5. The van der Waals surface area contributed by atoms with Crippen LogP contribution in [0.2, 0.25) is 0 Å². The highest BCUT2D eigenvalue weighted by atomic mass is 16.3. The lowest BCUT2D eigenvalue weighted by molar-refractivity contribution is -0.121. The second-order valence-corrected chi connectivity index (χ2v) is 10.8. The minimum Gasteiger partial charge on any atom is -0.393 e. The van der Waals surface area contributed by atoms with Crippen molar-refractivity contribution in [2.75, 3.05) is 7.05 Å². The Morgan fingerprint density at radius 1 is 1.07 bits per heavy atom. The zero-order chi connectivity index (χ0) is 19.2. The monoisotopic (exact) mass is 375 g/mol. The third-order valence-electron chi connectivity index (χ3n) is 9.85. The molecule has 4 rings (SSSR count). The molecule has 0 saturated heterocycles. The molecule has 0 radical (unpaired) electrons. The van der Waals surface area contributed by atoms with E-state index in [4.69, 9.17) is 0 Å². The standard InChI is InChI=1S/C24H41NO2/c1-15(4-11-23(27)25-3)18-7-8-20-19(18)9-10-22-21(20)6-5-16-14-17(26)12-13-24(16,22)2/h15-22,26H,4-14H2,1-3H3,(H,25,27)/t15?,16-,17?,18?,19?,20?,21?,22?,24+/m0/s1. The molecule has 0 aromatic carbocycles. The van der Waals surface area contributed by atoms with E-state index in [9.17, 15) is 9.90 Å². The van der Waals surface area contributed by atoms with Crippen molar-refractivity contribution in [1.82, 2.24) is 5.32 Å². The van der Waals surface area contributed by atoms with Crippen LogP contribution in [0.3, 0.4) is 0 Å². The Morgan fingerprint density at radius 3 is 2.59 bits per heavy atom. The summed E-state index contributed by atoms with van der Waals surface area (Å²) in [7, 11) is 1.75. The van der Waals surface area contributed by atoms with E-state index in [1.807, 2.05) is 0 Å². The van der Waals surface area contributed by atoms with Crippen LogP contribution in [0, 0.1) is 46.8 Å². The van der Waals surface area contributed by atoms with Crippen molar-refractivity contribution in [1.29, 1.82) is 0 Å². The SMILES string of the molecule is CNC(=O)CCC(C)C1CCC2C1CCC1C2CC[C@H]2CC(O)CC[C@@]12C. The van der Waals surface area contributed by atoms with E-state index in [1.165, 1.54) is 44.9 Å². The van der Waals surface area contributed by atoms with Gasteiger partial charge in [0.1, 0.15) is 0 Å². The summed E-state index contributed by atoms with van der Waals surface area (Å²) in [6.45, 7) is 4.99. The van der Waals surface area contributed by atoms with Gasteiger partial charge in [-0.25, -0.2) is 0 Å². The van der Waals surface area contributed by atoms with Crippen LogP contribution in [0.25, 0.3) is 0 Å². The fourth-order valence-electron chi connectivity index (χ4n) is 8.34. The molecule has 154 valence electrons. The van der Waals surface area contributed by atoms with Gasteiger partial charge in [0.05, 0.1) is 6.10 Å². The summed E-state index contributed by atoms with van der Waals surface area (Å²) in [5, 5.41) is 13.0. The first-order valence-corrected chi connectivity index (χ1v) is 11.8. The largest absolute Gasteiger partial charge is 0.393 e. The van der Waals surface area contributed by atoms with Crippen LogP contribution in [0.4, 0.5) is 0 Å². The average Bonchev–Trinajstić information content (AvgIpc) is 3.10. The van der Waals surface area contributed by atoms with Crippen molar-refractivity contribution >= 4 is 5.91 Å². The van der Waals surface area contributed by atoms with Crippen LogP contribution in [-0.2, 0) is 4.79 Å². The van der Waals surface area contributed by atoms with Crippen LogP contribution in [0.15, 0.2) is 0 Å². The summed E-state index contributed by atoms with van der Waals surface area (Å²) in [5.74, 6) is 6.21. The molecule has 0 spiro atoms. The van der Waals surface area contributed by atoms with Gasteiger partial charge in [0.15, 0.2) is 0 Å². The van der Waals surface area contributed by atoms with Crippen molar-refractivity contribution < 1.29 is 9.90 Å². The van der Waals surface area contributed by atoms with Crippen LogP contribution < -0.4 is 5.32 Å². The number of fused-ring (bicyclic) bond motifs is 5. The Bertz CT molecular complexity index is 548. The molecule has 0 heterocycles. The Labute approximate surface area is 166 Å². The van der Waals surface area contributed by atoms with Gasteiger partial charge >= 0.3 is 0 Å². The first-order chi connectivity index (χ1) is 12.9. The maximum atomic E-state index is 11.7. The van der Waals surface area contributed by atoms with Gasteiger partial charge < -0.3 is 10.4 Å². The Hall–Kier alpha value is -0.570. The molecule has 4 aliphatic carbocycles. The number of hydrogen-bond acceptors (Lipinski definition) is 2. The molecule has 27 heavy (non-hydrogen) atoms. The highest BCUT2D eigenvalue weighted by Gasteiger charge is 2.56. The smallest absolute Gasteiger partial charge is 0.219 e. The molecule has 0 aromatic heterocycles. The molecule has 0 aliphatic heterocycles. The predicted molar refractivity (Wildman–Crippen MR) is 109 cm³/mol. The zero-order valence-electron chi connectivity index (χ0n) is 17.8. The lowest BCUT2D eigenvalue weighted by Gasteiger charge is -2.59. The predicted octanol–water partition coefficient (Wildman–Crippen LogP) is 4.78. The van der Waals surface area contributed by atoms with Crippen LogP contribution >= 0.6 is 0 Å². The second-order valence-electron chi connectivity index (χ2n) is 10.8. The molecular formula is C24H41NO2. The highest BCUT2D eigenvalue weighted by Crippen LogP contribution is 2.64. The third kappa shape index (κ3) is 3.47. The average molecular weight is 376 g/mol. The fourth-order valence-corrected chi connectivity index (χ4v) is 8.34. The first-order valence-electron chi connectivity index (χ1n) is 11.8. The Morgan fingerprint density at radius 2 is 1.81 bits per heavy atom. The molecule has 4 aliphatic rings. The maximum absolute atomic E-state index is 11.7. The van der Waals surface area contributed by atoms with Gasteiger partial charge in [0.25, 0.3) is 0 Å². The summed E-state index contributed by atoms with van der Waals surface area (Å²) < 4.78 is 0. The molecule has 1 amide bonds. The quantitative estimate of drug-likeness (QED) is 0.743. The van der Waals surface area contributed by atoms with E-state index in [0.29, 0.717) is 17.8 Å². The van der Waals surface area contributed by atoms with Gasteiger partial charge in [-0.2, -0.15) is 0 Å². The van der Waals surface area contributed by atoms with E-state index in [1.54, 1.807) is 7.05 Å². The first kappa shape index (κ1) is 19.7. The number of rotatable bonds is 4. The van der Waals surface area contributed by atoms with Crippen LogP contribution in [0.1, 0.15) is 84.5 Å². The molecule has 0 bridgehead atoms. The van der Waals surface area contributed by atoms with E-state index >= 15 is 0 Å². The van der Waals surface area contributed by atoms with E-state index in [0.717, 1.165) is 54.8 Å². The number of carbonyl (C=O) groups is 1. The normalized spacial score (nSPS) is 47.5. The van der Waals surface area contributed by atoms with Gasteiger partial charge in [-0.15, -0.1) is 0 Å². The zero-order valence-corrected chi connectivity index (χ0v) is 17.8. The minimum atomic E-state index is -0.0343. The molecule has 4 saturated carbocycles. The van der Waals surface area contributed by atoms with Crippen molar-refractivity contribution in [3.8, 4) is 0 Å². The maximum Gasteiger partial charge on any atom is 0.219 e. The Kier molecular flexibility index (Phi) is 5.62. The molecule has 9 atom stereocenters. The van der Waals surface area contributed by atoms with Crippen molar-refractivity contribution in [3.05, 3.63) is 0 Å². The molecule has 4 fully saturated rings. The van der Waals surface area contributed by atoms with Crippen molar-refractivity contribution in [2.24, 2.45) is 46.8 Å². The van der Waals surface area contributed by atoms with Gasteiger partial charge in [0.2, 0.25) is 5.91 Å². The summed E-state index contributed by atoms with van der Waals surface area (Å²) in [5.41, 5.74) is 0.496. The van der Waals surface area contributed by atoms with Crippen LogP contribution in [-0.4, -0.2) is 24.2 Å². The van der Waals surface area contributed by atoms with Gasteiger partial charge in [-0.1, -0.05) is 13.8 Å². The molecule has 0 aromatic rings. The number of amides is 1. The minimum absolute atomic E-state index is 0.0343. The highest BCUT2D eigenvalue weighted by molar-refractivity contribution is 5.75.